The van der Waals surface area contributed by atoms with Crippen molar-refractivity contribution in [3.05, 3.63) is 29.8 Å². The molecule has 5 heteroatoms. The molecule has 1 unspecified atom stereocenters. The minimum atomic E-state index is -0.321. The Labute approximate surface area is 119 Å². The van der Waals surface area contributed by atoms with Crippen molar-refractivity contribution in [2.24, 2.45) is 5.92 Å². The average molecular weight is 279 g/mol. The third-order valence-electron chi connectivity index (χ3n) is 2.80. The standard InChI is InChI=1S/C15H21NO4/c1-4-16-14(11(2)3)15(18)20-13-7-5-12(6-8-13)9-19-10-17/h5-8,10-11,14,16H,4,9H2,1-3H3. The molecule has 1 atom stereocenters. The fourth-order valence-electron chi connectivity index (χ4n) is 1.77. The van der Waals surface area contributed by atoms with Gasteiger partial charge in [-0.05, 0) is 30.2 Å². The fourth-order valence-corrected chi connectivity index (χ4v) is 1.77. The van der Waals surface area contributed by atoms with Crippen LogP contribution in [-0.4, -0.2) is 25.0 Å². The lowest BCUT2D eigenvalue weighted by Crippen LogP contribution is -2.43. The number of likely N-dealkylation sites (N-methyl/N-ethyl adjacent to an activating group) is 1. The Kier molecular flexibility index (Phi) is 6.73. The molecule has 0 spiro atoms. The van der Waals surface area contributed by atoms with E-state index in [1.807, 2.05) is 20.8 Å². The number of carbonyl (C=O) groups excluding carboxylic acids is 2. The highest BCUT2D eigenvalue weighted by Gasteiger charge is 2.22. The van der Waals surface area contributed by atoms with Gasteiger partial charge in [0.1, 0.15) is 18.4 Å². The SMILES string of the molecule is CCNC(C(=O)Oc1ccc(COC=O)cc1)C(C)C. The van der Waals surface area contributed by atoms with Gasteiger partial charge in [0.15, 0.2) is 0 Å². The quantitative estimate of drug-likeness (QED) is 0.447. The highest BCUT2D eigenvalue weighted by Crippen LogP contribution is 2.15. The van der Waals surface area contributed by atoms with E-state index in [0.717, 1.165) is 5.56 Å². The van der Waals surface area contributed by atoms with Crippen LogP contribution < -0.4 is 10.1 Å². The molecule has 0 aromatic heterocycles. The van der Waals surface area contributed by atoms with E-state index in [1.54, 1.807) is 24.3 Å². The van der Waals surface area contributed by atoms with E-state index in [9.17, 15) is 9.59 Å². The van der Waals surface area contributed by atoms with Gasteiger partial charge in [-0.15, -0.1) is 0 Å². The largest absolute Gasteiger partial charge is 0.463 e. The van der Waals surface area contributed by atoms with Crippen molar-refractivity contribution in [3.63, 3.8) is 0 Å². The van der Waals surface area contributed by atoms with E-state index < -0.39 is 0 Å². The number of ether oxygens (including phenoxy) is 2. The zero-order chi connectivity index (χ0) is 15.0. The minimum absolute atomic E-state index is 0.155. The smallest absolute Gasteiger partial charge is 0.328 e. The van der Waals surface area contributed by atoms with E-state index in [1.165, 1.54) is 0 Å². The molecule has 0 amide bonds. The number of benzene rings is 1. The van der Waals surface area contributed by atoms with Gasteiger partial charge in [0.2, 0.25) is 0 Å². The number of rotatable bonds is 8. The van der Waals surface area contributed by atoms with Crippen molar-refractivity contribution < 1.29 is 19.1 Å². The molecule has 0 aliphatic rings. The van der Waals surface area contributed by atoms with Crippen LogP contribution in [0.3, 0.4) is 0 Å². The van der Waals surface area contributed by atoms with Crippen molar-refractivity contribution in [3.8, 4) is 5.75 Å². The molecule has 0 aliphatic heterocycles. The summed E-state index contributed by atoms with van der Waals surface area (Å²) in [5.74, 6) is 0.342. The molecule has 5 nitrogen and oxygen atoms in total. The van der Waals surface area contributed by atoms with Crippen LogP contribution in [-0.2, 0) is 20.9 Å². The van der Waals surface area contributed by atoms with Crippen molar-refractivity contribution in [2.75, 3.05) is 6.54 Å². The number of hydrogen-bond donors (Lipinski definition) is 1. The third-order valence-corrected chi connectivity index (χ3v) is 2.80. The van der Waals surface area contributed by atoms with Gasteiger partial charge in [0.05, 0.1) is 0 Å². The van der Waals surface area contributed by atoms with E-state index in [0.29, 0.717) is 18.8 Å². The minimum Gasteiger partial charge on any atom is -0.463 e. The summed E-state index contributed by atoms with van der Waals surface area (Å²) in [6, 6.07) is 6.56. The number of nitrogens with one attached hydrogen (secondary N) is 1. The van der Waals surface area contributed by atoms with Gasteiger partial charge in [-0.25, -0.2) is 4.79 Å². The first kappa shape index (κ1) is 16.2. The van der Waals surface area contributed by atoms with Crippen LogP contribution in [0.5, 0.6) is 5.75 Å². The summed E-state index contributed by atoms with van der Waals surface area (Å²) in [4.78, 5) is 22.1. The maximum atomic E-state index is 12.0. The number of esters is 1. The maximum Gasteiger partial charge on any atom is 0.328 e. The third kappa shape index (κ3) is 5.01. The molecule has 1 aromatic carbocycles. The fraction of sp³-hybridized carbons (Fsp3) is 0.467. The van der Waals surface area contributed by atoms with Gasteiger partial charge in [-0.3, -0.25) is 4.79 Å². The highest BCUT2D eigenvalue weighted by atomic mass is 16.5. The zero-order valence-corrected chi connectivity index (χ0v) is 12.1. The number of carbonyl (C=O) groups is 2. The summed E-state index contributed by atoms with van der Waals surface area (Å²) in [6.45, 7) is 7.20. The predicted molar refractivity (Wildman–Crippen MR) is 75.2 cm³/mol. The molecule has 0 radical (unpaired) electrons. The van der Waals surface area contributed by atoms with Crippen molar-refractivity contribution in [1.82, 2.24) is 5.32 Å². The molecule has 1 rings (SSSR count). The summed E-state index contributed by atoms with van der Waals surface area (Å²) >= 11 is 0. The van der Waals surface area contributed by atoms with Crippen LogP contribution in [0.2, 0.25) is 0 Å². The first-order valence-corrected chi connectivity index (χ1v) is 6.67. The van der Waals surface area contributed by atoms with Crippen molar-refractivity contribution in [1.29, 1.82) is 0 Å². The van der Waals surface area contributed by atoms with Crippen LogP contribution in [0.1, 0.15) is 26.3 Å². The Morgan fingerprint density at radius 3 is 2.45 bits per heavy atom. The first-order chi connectivity index (χ1) is 9.58. The van der Waals surface area contributed by atoms with Gasteiger partial charge in [0, 0.05) is 0 Å². The van der Waals surface area contributed by atoms with Gasteiger partial charge in [0.25, 0.3) is 6.47 Å². The lowest BCUT2D eigenvalue weighted by Gasteiger charge is -2.19. The molecule has 1 N–H and O–H groups in total. The molecule has 0 heterocycles. The molecule has 0 saturated heterocycles. The summed E-state index contributed by atoms with van der Waals surface area (Å²) in [6.07, 6.45) is 0. The summed E-state index contributed by atoms with van der Waals surface area (Å²) < 4.78 is 9.98. The number of hydrogen-bond acceptors (Lipinski definition) is 5. The predicted octanol–water partition coefficient (Wildman–Crippen LogP) is 1.90. The second-order valence-electron chi connectivity index (χ2n) is 4.75. The van der Waals surface area contributed by atoms with Crippen LogP contribution >= 0.6 is 0 Å². The van der Waals surface area contributed by atoms with Crippen LogP contribution in [0, 0.1) is 5.92 Å². The van der Waals surface area contributed by atoms with Gasteiger partial charge in [-0.2, -0.15) is 0 Å². The lowest BCUT2D eigenvalue weighted by atomic mass is 10.0. The van der Waals surface area contributed by atoms with Gasteiger partial charge < -0.3 is 14.8 Å². The zero-order valence-electron chi connectivity index (χ0n) is 12.1. The van der Waals surface area contributed by atoms with Gasteiger partial charge >= 0.3 is 5.97 Å². The molecule has 0 bridgehead atoms. The normalized spacial score (nSPS) is 12.0. The molecule has 0 fully saturated rings. The van der Waals surface area contributed by atoms with Crippen LogP contribution in [0.4, 0.5) is 0 Å². The average Bonchev–Trinajstić information content (AvgIpc) is 2.43. The molecule has 0 aliphatic carbocycles. The summed E-state index contributed by atoms with van der Waals surface area (Å²) in [5, 5.41) is 3.11. The van der Waals surface area contributed by atoms with E-state index in [2.05, 4.69) is 10.1 Å². The Hall–Kier alpha value is -1.88. The second kappa shape index (κ2) is 8.32. The summed E-state index contributed by atoms with van der Waals surface area (Å²) in [5.41, 5.74) is 0.837. The first-order valence-electron chi connectivity index (χ1n) is 6.67. The molecule has 0 saturated carbocycles. The Morgan fingerprint density at radius 1 is 1.30 bits per heavy atom. The molecule has 110 valence electrons. The molecular formula is C15H21NO4. The second-order valence-corrected chi connectivity index (χ2v) is 4.75. The molecule has 20 heavy (non-hydrogen) atoms. The molecular weight excluding hydrogens is 258 g/mol. The highest BCUT2D eigenvalue weighted by molar-refractivity contribution is 5.78. The van der Waals surface area contributed by atoms with Gasteiger partial charge in [-0.1, -0.05) is 32.9 Å². The summed E-state index contributed by atoms with van der Waals surface area (Å²) in [7, 11) is 0. The van der Waals surface area contributed by atoms with Crippen molar-refractivity contribution in [2.45, 2.75) is 33.4 Å². The van der Waals surface area contributed by atoms with Crippen LogP contribution in [0.15, 0.2) is 24.3 Å². The maximum absolute atomic E-state index is 12.0. The molecule has 1 aromatic rings. The monoisotopic (exact) mass is 279 g/mol. The van der Waals surface area contributed by atoms with Crippen molar-refractivity contribution >= 4 is 12.4 Å². The van der Waals surface area contributed by atoms with E-state index >= 15 is 0 Å². The Morgan fingerprint density at radius 2 is 1.95 bits per heavy atom. The van der Waals surface area contributed by atoms with Crippen LogP contribution in [0.25, 0.3) is 0 Å². The van der Waals surface area contributed by atoms with E-state index in [4.69, 9.17) is 4.74 Å². The lowest BCUT2D eigenvalue weighted by molar-refractivity contribution is -0.137. The topological polar surface area (TPSA) is 64.6 Å². The Balaban J connectivity index is 2.62. The Bertz CT molecular complexity index is 428. The van der Waals surface area contributed by atoms with E-state index in [-0.39, 0.29) is 24.5 Å².